The van der Waals surface area contributed by atoms with Gasteiger partial charge < -0.3 is 41.5 Å². The number of pyridine rings is 1. The summed E-state index contributed by atoms with van der Waals surface area (Å²) in [6.45, 7) is 14.6. The van der Waals surface area contributed by atoms with Gasteiger partial charge in [0, 0.05) is 71.3 Å². The quantitative estimate of drug-likeness (QED) is 0.0493. The maximum absolute atomic E-state index is 13.4. The highest BCUT2D eigenvalue weighted by atomic mass is 16.5. The van der Waals surface area contributed by atoms with Crippen LogP contribution in [0.2, 0.25) is 0 Å². The fourth-order valence-electron chi connectivity index (χ4n) is 8.64. The first-order chi connectivity index (χ1) is 31.8. The number of aryl methyl sites for hydroxylation is 4. The van der Waals surface area contributed by atoms with E-state index in [0.717, 1.165) is 63.9 Å². The Morgan fingerprint density at radius 3 is 2.26 bits per heavy atom. The molecule has 8 rings (SSSR count). The minimum absolute atomic E-state index is 0.203. The van der Waals surface area contributed by atoms with Crippen molar-refractivity contribution in [2.75, 3.05) is 62.9 Å². The monoisotopic (exact) mass is 905 g/mol. The first-order valence-corrected chi connectivity index (χ1v) is 22.2. The van der Waals surface area contributed by atoms with Gasteiger partial charge in [-0.2, -0.15) is 10.2 Å². The molecule has 0 aliphatic carbocycles. The third-order valence-corrected chi connectivity index (χ3v) is 12.2. The van der Waals surface area contributed by atoms with Crippen LogP contribution in [0.1, 0.15) is 92.6 Å². The fourth-order valence-corrected chi connectivity index (χ4v) is 8.64. The van der Waals surface area contributed by atoms with Gasteiger partial charge in [0.05, 0.1) is 34.8 Å². The molecule has 0 radical (unpaired) electrons. The van der Waals surface area contributed by atoms with E-state index in [1.165, 1.54) is 12.6 Å². The molecule has 5 aromatic heterocycles. The normalized spacial score (nSPS) is 14.8. The minimum atomic E-state index is -0.633. The Labute approximate surface area is 381 Å². The number of anilines is 3. The summed E-state index contributed by atoms with van der Waals surface area (Å²) in [4.78, 5) is 64.5. The number of hydrogen-bond acceptors (Lipinski definition) is 14. The molecule has 2 aliphatic heterocycles. The number of aromatic nitrogens is 9. The van der Waals surface area contributed by atoms with Crippen LogP contribution >= 0.6 is 0 Å². The SMILES string of the molecule is CCn1nc(C)c(N)c1C=O.CCn1nc(C)cc1C(=O)Nc1nc2cc(C(N)=O)cnc2n1C/C=C/Cn1c(NC)nc2cc(C(N)=O)cc(OCCCN3CCC4(CCOCC4)C3)c21. The molecule has 1 aromatic carbocycles. The van der Waals surface area contributed by atoms with Crippen LogP contribution in [0, 0.1) is 19.3 Å². The van der Waals surface area contributed by atoms with E-state index in [-0.39, 0.29) is 24.0 Å². The molecule has 66 heavy (non-hydrogen) atoms. The number of likely N-dealkylation sites (tertiary alicyclic amines) is 1. The average Bonchev–Trinajstić information content (AvgIpc) is 4.12. The number of hydrogen-bond donors (Lipinski definition) is 5. The van der Waals surface area contributed by atoms with E-state index < -0.39 is 11.8 Å². The largest absolute Gasteiger partial charge is 0.491 e. The Morgan fingerprint density at radius 2 is 1.59 bits per heavy atom. The van der Waals surface area contributed by atoms with Crippen LogP contribution in [-0.4, -0.2) is 119 Å². The second-order valence-corrected chi connectivity index (χ2v) is 16.6. The summed E-state index contributed by atoms with van der Waals surface area (Å²) in [7, 11) is 1.78. The van der Waals surface area contributed by atoms with Gasteiger partial charge in [0.1, 0.15) is 28.2 Å². The van der Waals surface area contributed by atoms with Crippen LogP contribution in [0.15, 0.2) is 42.6 Å². The summed E-state index contributed by atoms with van der Waals surface area (Å²) < 4.78 is 18.9. The fraction of sp³-hybridized carbons (Fsp3) is 0.444. The van der Waals surface area contributed by atoms with E-state index in [4.69, 9.17) is 31.7 Å². The number of benzene rings is 1. The lowest BCUT2D eigenvalue weighted by molar-refractivity contribution is 0.0192. The van der Waals surface area contributed by atoms with Crippen LogP contribution in [0.25, 0.3) is 22.2 Å². The number of primary amides is 2. The predicted octanol–water partition coefficient (Wildman–Crippen LogP) is 3.93. The number of nitrogen functional groups attached to an aromatic ring is 1. The molecule has 2 aliphatic rings. The second kappa shape index (κ2) is 20.4. The number of fused-ring (bicyclic) bond motifs is 2. The molecule has 0 saturated carbocycles. The van der Waals surface area contributed by atoms with Crippen LogP contribution in [0.5, 0.6) is 5.75 Å². The van der Waals surface area contributed by atoms with Gasteiger partial charge in [-0.25, -0.2) is 15.0 Å². The number of nitrogens with zero attached hydrogens (tertiary/aromatic N) is 10. The number of allylic oxidation sites excluding steroid dienone is 2. The smallest absolute Gasteiger partial charge is 0.276 e. The van der Waals surface area contributed by atoms with E-state index >= 15 is 0 Å². The lowest BCUT2D eigenvalue weighted by atomic mass is 9.80. The number of imidazole rings is 2. The van der Waals surface area contributed by atoms with Gasteiger partial charge in [-0.1, -0.05) is 12.2 Å². The molecule has 0 unspecified atom stereocenters. The lowest BCUT2D eigenvalue weighted by Crippen LogP contribution is -2.33. The first kappa shape index (κ1) is 46.9. The zero-order chi connectivity index (χ0) is 47.1. The average molecular weight is 906 g/mol. The van der Waals surface area contributed by atoms with Crippen molar-refractivity contribution in [3.05, 3.63) is 76.5 Å². The highest BCUT2D eigenvalue weighted by Crippen LogP contribution is 2.39. The van der Waals surface area contributed by atoms with Gasteiger partial charge in [0.25, 0.3) is 5.91 Å². The number of nitrogens with two attached hydrogens (primary N) is 3. The summed E-state index contributed by atoms with van der Waals surface area (Å²) in [6.07, 6.45) is 10.3. The Balaban J connectivity index is 0.000000517. The predicted molar refractivity (Wildman–Crippen MR) is 250 cm³/mol. The number of rotatable bonds is 17. The third-order valence-electron chi connectivity index (χ3n) is 12.2. The van der Waals surface area contributed by atoms with Crippen LogP contribution < -0.4 is 32.6 Å². The van der Waals surface area contributed by atoms with E-state index in [2.05, 4.69) is 35.7 Å². The van der Waals surface area contributed by atoms with E-state index in [1.54, 1.807) is 52.2 Å². The summed E-state index contributed by atoms with van der Waals surface area (Å²) >= 11 is 0. The molecule has 8 N–H and O–H groups in total. The number of carbonyl (C=O) groups excluding carboxylic acids is 4. The Kier molecular flexibility index (Phi) is 14.5. The van der Waals surface area contributed by atoms with Gasteiger partial charge in [0.2, 0.25) is 23.7 Å². The molecular formula is C45H59N15O6. The van der Waals surface area contributed by atoms with Gasteiger partial charge >= 0.3 is 0 Å². The number of ether oxygens (including phenoxy) is 2. The molecule has 2 fully saturated rings. The maximum atomic E-state index is 13.4. The highest BCUT2D eigenvalue weighted by molar-refractivity contribution is 6.03. The van der Waals surface area contributed by atoms with Crippen molar-refractivity contribution in [2.24, 2.45) is 16.9 Å². The second-order valence-electron chi connectivity index (χ2n) is 16.6. The number of nitrogens with one attached hydrogen (secondary N) is 2. The molecule has 2 saturated heterocycles. The number of amides is 3. The van der Waals surface area contributed by atoms with Gasteiger partial charge in [-0.15, -0.1) is 0 Å². The standard InChI is InChI=1S/C38H48N12O5.C7H11N3O/c1-4-50-29(18-24(2)46-50)35(53)45-37-44-28-20-26(33(40)52)22-42-34(28)49(37)13-6-5-12-48-31-27(43-36(48)41-3)19-25(32(39)51)21-30(31)55-15-7-11-47-14-8-38(23-47)9-16-54-17-10-38;1-3-10-6(4-11)7(8)5(2)9-10/h5-6,18-22H,4,7-17,23H2,1-3H3,(H2,39,51)(H2,40,52)(H,41,43)(H,44,45,53);4H,3,8H2,1-2H3/b6-5+;. The van der Waals surface area contributed by atoms with Crippen molar-refractivity contribution in [3.63, 3.8) is 0 Å². The zero-order valence-electron chi connectivity index (χ0n) is 38.2. The highest BCUT2D eigenvalue weighted by Gasteiger charge is 2.39. The van der Waals surface area contributed by atoms with Crippen molar-refractivity contribution in [1.82, 2.24) is 48.5 Å². The molecule has 6 aromatic rings. The minimum Gasteiger partial charge on any atom is -0.491 e. The van der Waals surface area contributed by atoms with Crippen LogP contribution in [0.4, 0.5) is 17.6 Å². The van der Waals surface area contributed by atoms with Gasteiger partial charge in [0.15, 0.2) is 11.9 Å². The summed E-state index contributed by atoms with van der Waals surface area (Å²) in [6, 6.07) is 6.62. The van der Waals surface area contributed by atoms with Crippen molar-refractivity contribution in [2.45, 2.75) is 79.6 Å². The van der Waals surface area contributed by atoms with E-state index in [1.807, 2.05) is 37.5 Å². The topological polar surface area (TPSA) is 276 Å². The lowest BCUT2D eigenvalue weighted by Gasteiger charge is -2.33. The van der Waals surface area contributed by atoms with Crippen molar-refractivity contribution in [3.8, 4) is 5.75 Å². The third kappa shape index (κ3) is 10.1. The van der Waals surface area contributed by atoms with Crippen molar-refractivity contribution >= 4 is 63.8 Å². The Hall–Kier alpha value is -7.13. The Bertz CT molecular complexity index is 2780. The molecule has 21 heteroatoms. The molecule has 1 spiro atoms. The molecule has 0 bridgehead atoms. The number of aldehydes is 1. The molecule has 0 atom stereocenters. The van der Waals surface area contributed by atoms with Gasteiger partial charge in [-0.05, 0) is 89.6 Å². The van der Waals surface area contributed by atoms with E-state index in [0.29, 0.717) is 94.1 Å². The van der Waals surface area contributed by atoms with Crippen LogP contribution in [-0.2, 0) is 30.9 Å². The van der Waals surface area contributed by atoms with Gasteiger partial charge in [-0.3, -0.25) is 38.4 Å². The summed E-state index contributed by atoms with van der Waals surface area (Å²) in [5, 5.41) is 14.5. The zero-order valence-corrected chi connectivity index (χ0v) is 38.2. The molecular weight excluding hydrogens is 847 g/mol. The van der Waals surface area contributed by atoms with Crippen molar-refractivity contribution < 1.29 is 28.7 Å². The molecule has 21 nitrogen and oxygen atoms in total. The van der Waals surface area contributed by atoms with Crippen LogP contribution in [0.3, 0.4) is 0 Å². The Morgan fingerprint density at radius 1 is 0.894 bits per heavy atom. The van der Waals surface area contributed by atoms with E-state index in [9.17, 15) is 19.2 Å². The molecule has 350 valence electrons. The number of carbonyl (C=O) groups is 4. The maximum Gasteiger partial charge on any atom is 0.276 e. The molecule has 7 heterocycles. The summed E-state index contributed by atoms with van der Waals surface area (Å²) in [5.41, 5.74) is 22.7. The summed E-state index contributed by atoms with van der Waals surface area (Å²) in [5.74, 6) is -0.227. The van der Waals surface area contributed by atoms with Crippen molar-refractivity contribution in [1.29, 1.82) is 0 Å². The molecule has 3 amide bonds. The first-order valence-electron chi connectivity index (χ1n) is 22.2.